The number of pyridine rings is 1. The molecule has 194 valence electrons. The fourth-order valence-corrected chi connectivity index (χ4v) is 5.53. The van der Waals surface area contributed by atoms with E-state index in [-0.39, 0.29) is 0 Å². The topological polar surface area (TPSA) is 61.1 Å². The third-order valence-electron chi connectivity index (χ3n) is 7.47. The molecule has 4 nitrogen and oxygen atoms in total. The highest BCUT2D eigenvalue weighted by Crippen LogP contribution is 2.42. The van der Waals surface area contributed by atoms with Gasteiger partial charge in [0.2, 0.25) is 0 Å². The predicted octanol–water partition coefficient (Wildman–Crippen LogP) is 9.16. The molecule has 41 heavy (non-hydrogen) atoms. The molecule has 0 unspecified atom stereocenters. The Morgan fingerprint density at radius 3 is 1.80 bits per heavy atom. The molecule has 1 aliphatic rings. The van der Waals surface area contributed by atoms with Gasteiger partial charge in [0.25, 0.3) is 0 Å². The highest BCUT2D eigenvalue weighted by molar-refractivity contribution is 6.52. The lowest BCUT2D eigenvalue weighted by Gasteiger charge is -2.19. The molecule has 6 aromatic rings. The summed E-state index contributed by atoms with van der Waals surface area (Å²) in [6.07, 6.45) is 9.49. The molecule has 1 heterocycles. The molecule has 0 radical (unpaired) electrons. The molecule has 4 heteroatoms. The lowest BCUT2D eigenvalue weighted by Crippen LogP contribution is -2.14. The van der Waals surface area contributed by atoms with Crippen LogP contribution >= 0.6 is 0 Å². The van der Waals surface area contributed by atoms with Crippen molar-refractivity contribution in [1.29, 1.82) is 5.41 Å². The van der Waals surface area contributed by atoms with Crippen molar-refractivity contribution in [2.45, 2.75) is 0 Å². The molecule has 0 spiro atoms. The van der Waals surface area contributed by atoms with E-state index >= 15 is 0 Å². The van der Waals surface area contributed by atoms with Crippen molar-refractivity contribution in [3.63, 3.8) is 0 Å². The summed E-state index contributed by atoms with van der Waals surface area (Å²) in [4.78, 5) is 4.21. The predicted molar refractivity (Wildman–Crippen MR) is 172 cm³/mol. The van der Waals surface area contributed by atoms with Gasteiger partial charge in [-0.1, -0.05) is 103 Å². The number of hydrogen-bond donors (Lipinski definition) is 2. The molecular weight excluding hydrogens is 500 g/mol. The lowest BCUT2D eigenvalue weighted by molar-refractivity contribution is 1.32. The fraction of sp³-hybridized carbons (Fsp3) is 0. The monoisotopic (exact) mass is 526 g/mol. The second-order valence-electron chi connectivity index (χ2n) is 9.98. The summed E-state index contributed by atoms with van der Waals surface area (Å²) in [5, 5.41) is 18.0. The average Bonchev–Trinajstić information content (AvgIpc) is 3.04. The molecule has 2 N–H and O–H groups in total. The maximum atomic E-state index is 8.57. The first-order valence-electron chi connectivity index (χ1n) is 13.6. The number of aromatic nitrogens is 1. The Morgan fingerprint density at radius 2 is 1.17 bits per heavy atom. The van der Waals surface area contributed by atoms with Crippen LogP contribution in [0.5, 0.6) is 0 Å². The molecule has 0 atom stereocenters. The van der Waals surface area contributed by atoms with Crippen molar-refractivity contribution in [3.8, 4) is 22.3 Å². The Bertz CT molecular complexity index is 1950. The van der Waals surface area contributed by atoms with Gasteiger partial charge in [-0.05, 0) is 85.3 Å². The first-order valence-corrected chi connectivity index (χ1v) is 13.6. The number of hydrogen-bond acceptors (Lipinski definition) is 4. The summed E-state index contributed by atoms with van der Waals surface area (Å²) in [7, 11) is 0. The minimum atomic E-state index is 0.364. The quantitative estimate of drug-likeness (QED) is 0.134. The van der Waals surface area contributed by atoms with Gasteiger partial charge >= 0.3 is 0 Å². The van der Waals surface area contributed by atoms with E-state index in [2.05, 4.69) is 94.4 Å². The SMILES string of the molecule is N=C1C=CC(c2c3ccccc3c(-c3ccccc3)c3ccccc23)=C/C1=N/Nc1ccc(-c2cccnc2)cc1. The van der Waals surface area contributed by atoms with E-state index < -0.39 is 0 Å². The molecule has 0 aliphatic heterocycles. The molecule has 1 aliphatic carbocycles. The fourth-order valence-electron chi connectivity index (χ4n) is 5.53. The first kappa shape index (κ1) is 24.4. The van der Waals surface area contributed by atoms with Crippen LogP contribution in [0.25, 0.3) is 49.4 Å². The van der Waals surface area contributed by atoms with Gasteiger partial charge in [-0.2, -0.15) is 5.10 Å². The zero-order chi connectivity index (χ0) is 27.6. The second kappa shape index (κ2) is 10.5. The molecular formula is C37H26N4. The van der Waals surface area contributed by atoms with Crippen LogP contribution in [0.1, 0.15) is 5.56 Å². The Hall–Kier alpha value is -5.61. The van der Waals surface area contributed by atoms with Gasteiger partial charge in [-0.3, -0.25) is 15.8 Å². The Morgan fingerprint density at radius 1 is 0.561 bits per heavy atom. The number of fused-ring (bicyclic) bond motifs is 2. The zero-order valence-electron chi connectivity index (χ0n) is 22.3. The van der Waals surface area contributed by atoms with Crippen LogP contribution in [0.2, 0.25) is 0 Å². The summed E-state index contributed by atoms with van der Waals surface area (Å²) in [6.45, 7) is 0. The molecule has 7 rings (SSSR count). The van der Waals surface area contributed by atoms with Gasteiger partial charge in [0.15, 0.2) is 0 Å². The Kier molecular flexibility index (Phi) is 6.26. The van der Waals surface area contributed by atoms with Gasteiger partial charge in [0.05, 0.1) is 11.4 Å². The van der Waals surface area contributed by atoms with Crippen molar-refractivity contribution in [2.24, 2.45) is 5.10 Å². The normalized spacial score (nSPS) is 14.0. The molecule has 0 amide bonds. The van der Waals surface area contributed by atoms with E-state index in [1.165, 1.54) is 32.7 Å². The number of nitrogens with one attached hydrogen (secondary N) is 2. The van der Waals surface area contributed by atoms with E-state index in [1.54, 1.807) is 6.20 Å². The molecule has 1 aromatic heterocycles. The summed E-state index contributed by atoms with van der Waals surface area (Å²) in [5.41, 5.74) is 11.7. The minimum Gasteiger partial charge on any atom is -0.299 e. The highest BCUT2D eigenvalue weighted by Gasteiger charge is 2.19. The smallest absolute Gasteiger partial charge is 0.109 e. The standard InChI is InChI=1S/C37H26N4/c38-34-21-18-27(23-35(34)41-40-29-19-16-25(17-20-29)28-11-8-22-39-24-28)37-32-14-6-4-12-30(32)36(26-9-2-1-3-10-26)31-13-5-7-15-33(31)37/h1-24,38,40H/b38-34?,41-35-. The van der Waals surface area contributed by atoms with Gasteiger partial charge in [0, 0.05) is 12.4 Å². The summed E-state index contributed by atoms with van der Waals surface area (Å²) in [5.74, 6) is 0. The number of nitrogens with zero attached hydrogens (tertiary/aromatic N) is 2. The molecule has 0 saturated carbocycles. The van der Waals surface area contributed by atoms with E-state index in [0.717, 1.165) is 28.0 Å². The van der Waals surface area contributed by atoms with Crippen LogP contribution < -0.4 is 5.43 Å². The van der Waals surface area contributed by atoms with Gasteiger partial charge < -0.3 is 0 Å². The average molecular weight is 527 g/mol. The van der Waals surface area contributed by atoms with Crippen LogP contribution in [0.3, 0.4) is 0 Å². The van der Waals surface area contributed by atoms with E-state index in [9.17, 15) is 0 Å². The molecule has 0 fully saturated rings. The Balaban J connectivity index is 1.31. The van der Waals surface area contributed by atoms with Gasteiger partial charge in [-0.25, -0.2) is 0 Å². The number of anilines is 1. The zero-order valence-corrected chi connectivity index (χ0v) is 22.3. The largest absolute Gasteiger partial charge is 0.299 e. The summed E-state index contributed by atoms with van der Waals surface area (Å²) < 4.78 is 0. The lowest BCUT2D eigenvalue weighted by atomic mass is 9.84. The molecule has 5 aromatic carbocycles. The Labute approximate surface area is 238 Å². The van der Waals surface area contributed by atoms with Crippen LogP contribution in [-0.2, 0) is 0 Å². The van der Waals surface area contributed by atoms with Crippen LogP contribution in [0.15, 0.2) is 151 Å². The van der Waals surface area contributed by atoms with Gasteiger partial charge in [-0.15, -0.1) is 0 Å². The maximum Gasteiger partial charge on any atom is 0.109 e. The minimum absolute atomic E-state index is 0.364. The second-order valence-corrected chi connectivity index (χ2v) is 9.98. The van der Waals surface area contributed by atoms with Crippen molar-refractivity contribution in [3.05, 3.63) is 151 Å². The van der Waals surface area contributed by atoms with Crippen LogP contribution in [-0.4, -0.2) is 16.4 Å². The highest BCUT2D eigenvalue weighted by atomic mass is 15.3. The van der Waals surface area contributed by atoms with Crippen molar-refractivity contribution in [2.75, 3.05) is 5.43 Å². The number of hydrazone groups is 1. The van der Waals surface area contributed by atoms with E-state index in [0.29, 0.717) is 11.4 Å². The summed E-state index contributed by atoms with van der Waals surface area (Å²) in [6, 6.07) is 39.8. The number of allylic oxidation sites excluding steroid dienone is 4. The maximum absolute atomic E-state index is 8.57. The molecule has 0 saturated heterocycles. The van der Waals surface area contributed by atoms with Crippen molar-refractivity contribution >= 4 is 44.2 Å². The molecule has 0 bridgehead atoms. The van der Waals surface area contributed by atoms with Crippen LogP contribution in [0.4, 0.5) is 5.69 Å². The van der Waals surface area contributed by atoms with E-state index in [1.807, 2.05) is 60.8 Å². The van der Waals surface area contributed by atoms with Crippen LogP contribution in [0, 0.1) is 5.41 Å². The third-order valence-corrected chi connectivity index (χ3v) is 7.47. The van der Waals surface area contributed by atoms with E-state index in [4.69, 9.17) is 5.41 Å². The van der Waals surface area contributed by atoms with Crippen molar-refractivity contribution < 1.29 is 0 Å². The number of benzene rings is 5. The van der Waals surface area contributed by atoms with Crippen molar-refractivity contribution in [1.82, 2.24) is 4.98 Å². The third kappa shape index (κ3) is 4.62. The van der Waals surface area contributed by atoms with Gasteiger partial charge in [0.1, 0.15) is 5.71 Å². The number of rotatable bonds is 5. The summed E-state index contributed by atoms with van der Waals surface area (Å²) >= 11 is 0. The first-order chi connectivity index (χ1) is 20.3.